The highest BCUT2D eigenvalue weighted by molar-refractivity contribution is 9.10. The van der Waals surface area contributed by atoms with Crippen molar-refractivity contribution in [2.45, 2.75) is 4.90 Å². The van der Waals surface area contributed by atoms with Crippen LogP contribution >= 0.6 is 38.9 Å². The van der Waals surface area contributed by atoms with Gasteiger partial charge in [0, 0.05) is 20.4 Å². The fourth-order valence-corrected chi connectivity index (χ4v) is 4.40. The third kappa shape index (κ3) is 4.70. The van der Waals surface area contributed by atoms with Crippen molar-refractivity contribution in [3.8, 4) is 11.3 Å². The molecule has 26 heavy (non-hydrogen) atoms. The van der Waals surface area contributed by atoms with Gasteiger partial charge >= 0.3 is 0 Å². The third-order valence-electron chi connectivity index (χ3n) is 3.38. The predicted octanol–water partition coefficient (Wildman–Crippen LogP) is 4.64. The van der Waals surface area contributed by atoms with E-state index in [1.54, 1.807) is 29.6 Å². The van der Waals surface area contributed by atoms with E-state index < -0.39 is 21.5 Å². The molecule has 0 bridgehead atoms. The Morgan fingerprint density at radius 2 is 1.77 bits per heavy atom. The Bertz CT molecular complexity index is 1030. The summed E-state index contributed by atoms with van der Waals surface area (Å²) in [6.07, 6.45) is 0. The molecule has 134 valence electrons. The minimum atomic E-state index is -3.72. The van der Waals surface area contributed by atoms with Crippen molar-refractivity contribution in [2.24, 2.45) is 0 Å². The molecule has 5 nitrogen and oxygen atoms in total. The van der Waals surface area contributed by atoms with Crippen LogP contribution in [0.3, 0.4) is 0 Å². The highest BCUT2D eigenvalue weighted by Crippen LogP contribution is 2.26. The molecule has 9 heteroatoms. The molecule has 0 atom stereocenters. The molecule has 0 aliphatic carbocycles. The number of thiazole rings is 1. The standard InChI is InChI=1S/C17H12BrClN2O3S2/c18-12-3-7-14(8-4-12)26(23,24)10-16(22)21-17-20-15(9-25-17)11-1-5-13(19)6-2-11/h1-9H,10H2,(H,20,21,22). The summed E-state index contributed by atoms with van der Waals surface area (Å²) in [7, 11) is -3.72. The van der Waals surface area contributed by atoms with Crippen LogP contribution in [0.15, 0.2) is 63.3 Å². The maximum absolute atomic E-state index is 12.3. The number of nitrogens with one attached hydrogen (secondary N) is 1. The van der Waals surface area contributed by atoms with Crippen LogP contribution in [0.4, 0.5) is 5.13 Å². The maximum atomic E-state index is 12.3. The zero-order valence-corrected chi connectivity index (χ0v) is 17.1. The monoisotopic (exact) mass is 470 g/mol. The van der Waals surface area contributed by atoms with Crippen molar-refractivity contribution >= 4 is 59.7 Å². The van der Waals surface area contributed by atoms with Crippen LogP contribution in [-0.2, 0) is 14.6 Å². The zero-order valence-electron chi connectivity index (χ0n) is 13.1. The molecular weight excluding hydrogens is 460 g/mol. The normalized spacial score (nSPS) is 11.3. The van der Waals surface area contributed by atoms with Crippen molar-refractivity contribution in [2.75, 3.05) is 11.1 Å². The van der Waals surface area contributed by atoms with Gasteiger partial charge < -0.3 is 5.32 Å². The predicted molar refractivity (Wildman–Crippen MR) is 107 cm³/mol. The van der Waals surface area contributed by atoms with Crippen LogP contribution < -0.4 is 5.32 Å². The zero-order chi connectivity index (χ0) is 18.7. The first-order valence-corrected chi connectivity index (χ1v) is 11.0. The lowest BCUT2D eigenvalue weighted by Crippen LogP contribution is -2.22. The number of aromatic nitrogens is 1. The summed E-state index contributed by atoms with van der Waals surface area (Å²) in [5.41, 5.74) is 1.53. The van der Waals surface area contributed by atoms with E-state index in [4.69, 9.17) is 11.6 Å². The Morgan fingerprint density at radius 3 is 2.42 bits per heavy atom. The lowest BCUT2D eigenvalue weighted by Gasteiger charge is -2.04. The van der Waals surface area contributed by atoms with E-state index in [9.17, 15) is 13.2 Å². The molecule has 0 fully saturated rings. The van der Waals surface area contributed by atoms with E-state index in [2.05, 4.69) is 26.2 Å². The van der Waals surface area contributed by atoms with Crippen LogP contribution in [0.1, 0.15) is 0 Å². The van der Waals surface area contributed by atoms with Crippen LogP contribution in [0, 0.1) is 0 Å². The number of carbonyl (C=O) groups excluding carboxylic acids is 1. The van der Waals surface area contributed by atoms with Gasteiger partial charge in [0.05, 0.1) is 10.6 Å². The van der Waals surface area contributed by atoms with Gasteiger partial charge in [0.2, 0.25) is 5.91 Å². The van der Waals surface area contributed by atoms with E-state index in [-0.39, 0.29) is 4.90 Å². The minimum absolute atomic E-state index is 0.0943. The summed E-state index contributed by atoms with van der Waals surface area (Å²) >= 11 is 10.3. The first-order chi connectivity index (χ1) is 12.3. The number of sulfone groups is 1. The number of carbonyl (C=O) groups is 1. The second-order valence-corrected chi connectivity index (χ2v) is 9.51. The molecule has 1 N–H and O–H groups in total. The van der Waals surface area contributed by atoms with Crippen molar-refractivity contribution in [3.05, 3.63) is 63.4 Å². The van der Waals surface area contributed by atoms with E-state index in [1.165, 1.54) is 23.5 Å². The highest BCUT2D eigenvalue weighted by atomic mass is 79.9. The lowest BCUT2D eigenvalue weighted by molar-refractivity contribution is -0.113. The number of rotatable bonds is 5. The molecule has 1 aromatic heterocycles. The fourth-order valence-electron chi connectivity index (χ4n) is 2.14. The minimum Gasteiger partial charge on any atom is -0.301 e. The van der Waals surface area contributed by atoms with Crippen LogP contribution in [0.2, 0.25) is 5.02 Å². The van der Waals surface area contributed by atoms with Gasteiger partial charge in [-0.05, 0) is 36.4 Å². The van der Waals surface area contributed by atoms with Gasteiger partial charge in [0.1, 0.15) is 5.75 Å². The number of halogens is 2. The quantitative estimate of drug-likeness (QED) is 0.588. The largest absolute Gasteiger partial charge is 0.301 e. The van der Waals surface area contributed by atoms with Gasteiger partial charge in [-0.15, -0.1) is 11.3 Å². The van der Waals surface area contributed by atoms with E-state index in [0.29, 0.717) is 15.8 Å². The van der Waals surface area contributed by atoms with Crippen molar-refractivity contribution in [1.82, 2.24) is 4.98 Å². The number of hydrogen-bond acceptors (Lipinski definition) is 5. The Morgan fingerprint density at radius 1 is 1.12 bits per heavy atom. The first-order valence-electron chi connectivity index (χ1n) is 7.33. The number of anilines is 1. The van der Waals surface area contributed by atoms with Crippen LogP contribution in [-0.4, -0.2) is 25.1 Å². The van der Waals surface area contributed by atoms with Crippen LogP contribution in [0.25, 0.3) is 11.3 Å². The average molecular weight is 472 g/mol. The molecular formula is C17H12BrClN2O3S2. The third-order valence-corrected chi connectivity index (χ3v) is 6.56. The molecule has 0 aliphatic rings. The van der Waals surface area contributed by atoms with Gasteiger partial charge in [-0.1, -0.05) is 39.7 Å². The van der Waals surface area contributed by atoms with E-state index in [0.717, 1.165) is 10.0 Å². The van der Waals surface area contributed by atoms with Crippen molar-refractivity contribution < 1.29 is 13.2 Å². The van der Waals surface area contributed by atoms with Crippen molar-refractivity contribution in [3.63, 3.8) is 0 Å². The Hall–Kier alpha value is -1.74. The number of amides is 1. The summed E-state index contributed by atoms with van der Waals surface area (Å²) < 4.78 is 25.4. The Kier molecular flexibility index (Phi) is 5.76. The summed E-state index contributed by atoms with van der Waals surface area (Å²) in [5.74, 6) is -1.28. The summed E-state index contributed by atoms with van der Waals surface area (Å²) in [6, 6.07) is 13.3. The molecule has 0 unspecified atom stereocenters. The number of nitrogens with zero attached hydrogens (tertiary/aromatic N) is 1. The molecule has 2 aromatic carbocycles. The van der Waals surface area contributed by atoms with Crippen LogP contribution in [0.5, 0.6) is 0 Å². The summed E-state index contributed by atoms with van der Waals surface area (Å²) in [6.45, 7) is 0. The summed E-state index contributed by atoms with van der Waals surface area (Å²) in [5, 5.41) is 5.27. The maximum Gasteiger partial charge on any atom is 0.241 e. The smallest absolute Gasteiger partial charge is 0.241 e. The number of hydrogen-bond donors (Lipinski definition) is 1. The number of benzene rings is 2. The lowest BCUT2D eigenvalue weighted by atomic mass is 10.2. The molecule has 0 radical (unpaired) electrons. The van der Waals surface area contributed by atoms with Crippen molar-refractivity contribution in [1.29, 1.82) is 0 Å². The first kappa shape index (κ1) is 19.0. The molecule has 0 spiro atoms. The van der Waals surface area contributed by atoms with Gasteiger partial charge in [0.25, 0.3) is 0 Å². The topological polar surface area (TPSA) is 76.1 Å². The van der Waals surface area contributed by atoms with E-state index >= 15 is 0 Å². The highest BCUT2D eigenvalue weighted by Gasteiger charge is 2.20. The van der Waals surface area contributed by atoms with Gasteiger partial charge in [-0.3, -0.25) is 4.79 Å². The molecule has 3 rings (SSSR count). The average Bonchev–Trinajstić information content (AvgIpc) is 3.03. The molecule has 1 heterocycles. The SMILES string of the molecule is O=C(CS(=O)(=O)c1ccc(Br)cc1)Nc1nc(-c2ccc(Cl)cc2)cs1. The fraction of sp³-hybridized carbons (Fsp3) is 0.0588. The summed E-state index contributed by atoms with van der Waals surface area (Å²) in [4.78, 5) is 16.5. The van der Waals surface area contributed by atoms with E-state index in [1.807, 2.05) is 12.1 Å². The van der Waals surface area contributed by atoms with Gasteiger partial charge in [-0.25, -0.2) is 13.4 Å². The second kappa shape index (κ2) is 7.87. The molecule has 0 saturated carbocycles. The van der Waals surface area contributed by atoms with Gasteiger partial charge in [-0.2, -0.15) is 0 Å². The molecule has 3 aromatic rings. The Labute approximate surface area is 168 Å². The molecule has 0 saturated heterocycles. The Balaban J connectivity index is 1.68. The second-order valence-electron chi connectivity index (χ2n) is 5.31. The van der Waals surface area contributed by atoms with Gasteiger partial charge in [0.15, 0.2) is 15.0 Å². The molecule has 0 aliphatic heterocycles. The molecule has 1 amide bonds.